The second kappa shape index (κ2) is 5.01. The molecule has 3 rings (SSSR count). The summed E-state index contributed by atoms with van der Waals surface area (Å²) in [6.45, 7) is 5.03. The molecule has 4 heteroatoms. The molecular weight excluding hydrogens is 257 g/mol. The van der Waals surface area contributed by atoms with Crippen LogP contribution in [0.15, 0.2) is 18.2 Å². The van der Waals surface area contributed by atoms with Crippen LogP contribution in [-0.4, -0.2) is 18.3 Å². The summed E-state index contributed by atoms with van der Waals surface area (Å²) in [6.07, 6.45) is 2.64. The summed E-state index contributed by atoms with van der Waals surface area (Å²) in [5.41, 5.74) is 6.78. The van der Waals surface area contributed by atoms with Crippen LogP contribution in [-0.2, 0) is 4.74 Å². The third-order valence-corrected chi connectivity index (χ3v) is 4.50. The Morgan fingerprint density at radius 1 is 1.35 bits per heavy atom. The van der Waals surface area contributed by atoms with E-state index in [9.17, 15) is 4.39 Å². The highest BCUT2D eigenvalue weighted by atomic mass is 19.1. The Morgan fingerprint density at radius 2 is 2.15 bits per heavy atom. The molecule has 110 valence electrons. The first-order valence-electron chi connectivity index (χ1n) is 7.35. The first-order valence-corrected chi connectivity index (χ1v) is 7.35. The molecule has 0 radical (unpaired) electrons. The van der Waals surface area contributed by atoms with Gasteiger partial charge in [0.15, 0.2) is 0 Å². The maximum Gasteiger partial charge on any atom is 0.125 e. The van der Waals surface area contributed by atoms with Gasteiger partial charge < -0.3 is 15.2 Å². The van der Waals surface area contributed by atoms with Crippen molar-refractivity contribution in [3.8, 4) is 5.75 Å². The van der Waals surface area contributed by atoms with Crippen LogP contribution >= 0.6 is 0 Å². The van der Waals surface area contributed by atoms with Crippen LogP contribution in [0.1, 0.15) is 44.7 Å². The number of rotatable bonds is 1. The molecule has 0 aromatic heterocycles. The Labute approximate surface area is 119 Å². The smallest absolute Gasteiger partial charge is 0.125 e. The normalized spacial score (nSPS) is 33.0. The number of ether oxygens (including phenoxy) is 2. The quantitative estimate of drug-likeness (QED) is 0.858. The van der Waals surface area contributed by atoms with Gasteiger partial charge in [0, 0.05) is 30.9 Å². The Morgan fingerprint density at radius 3 is 2.90 bits per heavy atom. The van der Waals surface area contributed by atoms with Crippen LogP contribution in [0.25, 0.3) is 0 Å². The van der Waals surface area contributed by atoms with E-state index in [1.165, 1.54) is 12.1 Å². The van der Waals surface area contributed by atoms with E-state index >= 15 is 0 Å². The van der Waals surface area contributed by atoms with Crippen LogP contribution in [0.2, 0.25) is 0 Å². The molecule has 0 bridgehead atoms. The van der Waals surface area contributed by atoms with Crippen molar-refractivity contribution in [1.82, 2.24) is 0 Å². The number of halogens is 1. The van der Waals surface area contributed by atoms with Gasteiger partial charge in [0.25, 0.3) is 0 Å². The lowest BCUT2D eigenvalue weighted by atomic mass is 9.78. The van der Waals surface area contributed by atoms with Gasteiger partial charge in [-0.05, 0) is 24.1 Å². The van der Waals surface area contributed by atoms with Gasteiger partial charge in [-0.15, -0.1) is 0 Å². The molecule has 20 heavy (non-hydrogen) atoms. The predicted octanol–water partition coefficient (Wildman–Crippen LogP) is 3.18. The maximum atomic E-state index is 13.3. The van der Waals surface area contributed by atoms with Crippen LogP contribution < -0.4 is 10.5 Å². The summed E-state index contributed by atoms with van der Waals surface area (Å²) in [7, 11) is 0. The van der Waals surface area contributed by atoms with Crippen molar-refractivity contribution in [1.29, 1.82) is 0 Å². The molecule has 0 aliphatic carbocycles. The number of fused-ring (bicyclic) bond motifs is 1. The minimum Gasteiger partial charge on any atom is -0.487 e. The zero-order valence-electron chi connectivity index (χ0n) is 12.1. The number of hydrogen-bond donors (Lipinski definition) is 1. The first kappa shape index (κ1) is 13.8. The molecule has 1 fully saturated rings. The van der Waals surface area contributed by atoms with Gasteiger partial charge in [-0.1, -0.05) is 13.8 Å². The van der Waals surface area contributed by atoms with Crippen molar-refractivity contribution in [2.75, 3.05) is 6.61 Å². The minimum absolute atomic E-state index is 0.166. The second-order valence-electron chi connectivity index (χ2n) is 6.39. The molecule has 1 saturated heterocycles. The fourth-order valence-corrected chi connectivity index (χ4v) is 3.32. The molecule has 0 saturated carbocycles. The molecule has 1 aromatic rings. The van der Waals surface area contributed by atoms with E-state index in [0.717, 1.165) is 30.6 Å². The van der Waals surface area contributed by atoms with Crippen molar-refractivity contribution in [2.45, 2.75) is 50.9 Å². The van der Waals surface area contributed by atoms with E-state index in [1.807, 2.05) is 0 Å². The van der Waals surface area contributed by atoms with Crippen LogP contribution in [0.3, 0.4) is 0 Å². The highest BCUT2D eigenvalue weighted by Gasteiger charge is 2.44. The summed E-state index contributed by atoms with van der Waals surface area (Å²) < 4.78 is 25.4. The molecule has 2 unspecified atom stereocenters. The zero-order chi connectivity index (χ0) is 14.3. The number of benzene rings is 1. The Hall–Kier alpha value is -1.13. The molecule has 2 heterocycles. The van der Waals surface area contributed by atoms with E-state index in [4.69, 9.17) is 15.2 Å². The molecule has 3 nitrogen and oxygen atoms in total. The molecule has 2 aliphatic rings. The van der Waals surface area contributed by atoms with Gasteiger partial charge >= 0.3 is 0 Å². The second-order valence-corrected chi connectivity index (χ2v) is 6.39. The van der Waals surface area contributed by atoms with Crippen LogP contribution in [0, 0.1) is 11.7 Å². The van der Waals surface area contributed by atoms with Gasteiger partial charge in [-0.2, -0.15) is 0 Å². The van der Waals surface area contributed by atoms with Crippen LogP contribution in [0.5, 0.6) is 5.75 Å². The minimum atomic E-state index is -0.259. The molecular formula is C16H22FNO2. The Balaban J connectivity index is 1.88. The summed E-state index contributed by atoms with van der Waals surface area (Å²) in [5, 5.41) is 0. The third kappa shape index (κ3) is 2.42. The van der Waals surface area contributed by atoms with E-state index in [-0.39, 0.29) is 23.6 Å². The number of nitrogens with two attached hydrogens (primary N) is 1. The summed E-state index contributed by atoms with van der Waals surface area (Å²) in [4.78, 5) is 0. The third-order valence-electron chi connectivity index (χ3n) is 4.50. The lowest BCUT2D eigenvalue weighted by Crippen LogP contribution is -2.50. The Kier molecular flexibility index (Phi) is 3.46. The fraction of sp³-hybridized carbons (Fsp3) is 0.625. The van der Waals surface area contributed by atoms with Crippen molar-refractivity contribution in [2.24, 2.45) is 11.7 Å². The molecule has 3 atom stereocenters. The number of hydrogen-bond acceptors (Lipinski definition) is 3. The standard InChI is InChI=1S/C16H22FNO2/c1-10(2)15-9-16(5-6-19-15)8-13(18)12-7-11(17)3-4-14(12)20-16/h3-4,7,10,13,15H,5-6,8-9,18H2,1-2H3/t13-,15?,16?/m1/s1. The maximum absolute atomic E-state index is 13.3. The summed E-state index contributed by atoms with van der Waals surface area (Å²) in [6, 6.07) is 4.46. The van der Waals surface area contributed by atoms with E-state index in [0.29, 0.717) is 12.5 Å². The van der Waals surface area contributed by atoms with Crippen molar-refractivity contribution in [3.05, 3.63) is 29.6 Å². The molecule has 2 N–H and O–H groups in total. The van der Waals surface area contributed by atoms with Gasteiger partial charge in [-0.3, -0.25) is 0 Å². The van der Waals surface area contributed by atoms with E-state index in [2.05, 4.69) is 13.8 Å². The molecule has 0 amide bonds. The zero-order valence-corrected chi connectivity index (χ0v) is 12.1. The van der Waals surface area contributed by atoms with E-state index < -0.39 is 0 Å². The lowest BCUT2D eigenvalue weighted by Gasteiger charge is -2.46. The SMILES string of the molecule is CC(C)C1CC2(CCO1)C[C@@H](N)c1cc(F)ccc1O2. The first-order chi connectivity index (χ1) is 9.49. The monoisotopic (exact) mass is 279 g/mol. The fourth-order valence-electron chi connectivity index (χ4n) is 3.32. The average Bonchev–Trinajstić information content (AvgIpc) is 2.40. The largest absolute Gasteiger partial charge is 0.487 e. The highest BCUT2D eigenvalue weighted by Crippen LogP contribution is 2.45. The summed E-state index contributed by atoms with van der Waals surface area (Å²) >= 11 is 0. The highest BCUT2D eigenvalue weighted by molar-refractivity contribution is 5.39. The van der Waals surface area contributed by atoms with Gasteiger partial charge in [0.05, 0.1) is 12.7 Å². The van der Waals surface area contributed by atoms with E-state index in [1.54, 1.807) is 6.07 Å². The van der Waals surface area contributed by atoms with Crippen LogP contribution in [0.4, 0.5) is 4.39 Å². The van der Waals surface area contributed by atoms with Crippen molar-refractivity contribution >= 4 is 0 Å². The topological polar surface area (TPSA) is 44.5 Å². The van der Waals surface area contributed by atoms with Gasteiger partial charge in [0.1, 0.15) is 17.2 Å². The molecule has 1 aromatic carbocycles. The van der Waals surface area contributed by atoms with Gasteiger partial charge in [-0.25, -0.2) is 4.39 Å². The average molecular weight is 279 g/mol. The summed E-state index contributed by atoms with van der Waals surface area (Å²) in [5.74, 6) is 0.932. The molecule has 1 spiro atoms. The van der Waals surface area contributed by atoms with Crippen molar-refractivity contribution < 1.29 is 13.9 Å². The Bertz CT molecular complexity index is 505. The van der Waals surface area contributed by atoms with Gasteiger partial charge in [0.2, 0.25) is 0 Å². The lowest BCUT2D eigenvalue weighted by molar-refractivity contribution is -0.115. The predicted molar refractivity (Wildman–Crippen MR) is 75.1 cm³/mol. The molecule has 2 aliphatic heterocycles. The van der Waals surface area contributed by atoms with Crippen molar-refractivity contribution in [3.63, 3.8) is 0 Å².